The summed E-state index contributed by atoms with van der Waals surface area (Å²) in [5.41, 5.74) is 0. The van der Waals surface area contributed by atoms with E-state index >= 15 is 0 Å². The molecule has 0 bridgehead atoms. The Morgan fingerprint density at radius 1 is 1.62 bits per heavy atom. The van der Waals surface area contributed by atoms with Crippen molar-refractivity contribution >= 4 is 11.6 Å². The molecule has 2 heteroatoms. The molecule has 0 saturated carbocycles. The highest BCUT2D eigenvalue weighted by atomic mass is 35.5. The Kier molecular flexibility index (Phi) is 3.84. The topological polar surface area (TPSA) is 9.23 Å². The lowest BCUT2D eigenvalue weighted by Gasteiger charge is -2.12. The summed E-state index contributed by atoms with van der Waals surface area (Å²) >= 11 is 5.79. The molecular weight excluding hydrogens is 184 g/mol. The maximum absolute atomic E-state index is 5.79. The minimum absolute atomic E-state index is 0.0865. The number of hydrogen-bond donors (Lipinski definition) is 0. The first-order chi connectivity index (χ1) is 6.22. The molecule has 13 heavy (non-hydrogen) atoms. The predicted molar refractivity (Wildman–Crippen MR) is 55.0 cm³/mol. The van der Waals surface area contributed by atoms with E-state index in [0.29, 0.717) is 5.02 Å². The van der Waals surface area contributed by atoms with Crippen molar-refractivity contribution in [1.82, 2.24) is 0 Å². The molecule has 0 spiro atoms. The largest absolute Gasteiger partial charge is 0.490 e. The van der Waals surface area contributed by atoms with Crippen molar-refractivity contribution in [2.45, 2.75) is 19.4 Å². The van der Waals surface area contributed by atoms with E-state index in [1.54, 1.807) is 12.1 Å². The third-order valence-corrected chi connectivity index (χ3v) is 1.84. The lowest BCUT2D eigenvalue weighted by molar-refractivity contribution is 0.225. The van der Waals surface area contributed by atoms with Gasteiger partial charge >= 0.3 is 0 Å². The monoisotopic (exact) mass is 195 g/mol. The summed E-state index contributed by atoms with van der Waals surface area (Å²) in [5, 5.41) is 0.682. The number of hydrogen-bond acceptors (Lipinski definition) is 1. The fraction of sp³-hybridized carbons (Fsp3) is 0.273. The average molecular weight is 196 g/mol. The molecule has 1 nitrogen and oxygen atoms in total. The van der Waals surface area contributed by atoms with E-state index in [2.05, 4.69) is 0 Å². The van der Waals surface area contributed by atoms with Gasteiger partial charge in [0.05, 0.1) is 6.10 Å². The average Bonchev–Trinajstić information content (AvgIpc) is 2.04. The lowest BCUT2D eigenvalue weighted by Crippen LogP contribution is -2.09. The van der Waals surface area contributed by atoms with Crippen LogP contribution >= 0.6 is 11.6 Å². The van der Waals surface area contributed by atoms with Crippen LogP contribution in [0.15, 0.2) is 30.3 Å². The molecule has 1 rings (SSSR count). The molecule has 0 heterocycles. The molecule has 69 valence electrons. The molecule has 0 aliphatic rings. The van der Waals surface area contributed by atoms with Crippen LogP contribution in [0.5, 0.6) is 5.75 Å². The second-order valence-electron chi connectivity index (χ2n) is 2.86. The Bertz CT molecular complexity index is 283. The molecule has 1 aromatic rings. The van der Waals surface area contributed by atoms with E-state index in [1.165, 1.54) is 0 Å². The van der Waals surface area contributed by atoms with Crippen molar-refractivity contribution in [2.24, 2.45) is 0 Å². The van der Waals surface area contributed by atoms with Crippen LogP contribution < -0.4 is 4.74 Å². The molecule has 0 fully saturated rings. The maximum atomic E-state index is 5.79. The van der Waals surface area contributed by atoms with Gasteiger partial charge in [-0.3, -0.25) is 0 Å². The van der Waals surface area contributed by atoms with E-state index in [9.17, 15) is 0 Å². The van der Waals surface area contributed by atoms with E-state index in [1.807, 2.05) is 25.1 Å². The van der Waals surface area contributed by atoms with Crippen LogP contribution in [0, 0.1) is 6.58 Å². The van der Waals surface area contributed by atoms with Gasteiger partial charge in [0, 0.05) is 11.4 Å². The molecule has 0 aliphatic carbocycles. The van der Waals surface area contributed by atoms with E-state index in [-0.39, 0.29) is 6.10 Å². The molecule has 1 unspecified atom stereocenters. The van der Waals surface area contributed by atoms with Crippen LogP contribution in [-0.4, -0.2) is 6.10 Å². The molecule has 0 aromatic heterocycles. The standard InChI is InChI=1S/C11H12ClO/c1-3-5-9(2)13-11-7-4-6-10(12)8-11/h1,3-4,6-9H,5H2,2H3. The smallest absolute Gasteiger partial charge is 0.121 e. The molecule has 1 atom stereocenters. The molecule has 0 amide bonds. The zero-order valence-corrected chi connectivity index (χ0v) is 8.29. The van der Waals surface area contributed by atoms with E-state index in [4.69, 9.17) is 22.9 Å². The van der Waals surface area contributed by atoms with Crippen LogP contribution in [0.25, 0.3) is 0 Å². The SMILES string of the molecule is [CH]=CCC(C)Oc1cccc(Cl)c1. The summed E-state index contributed by atoms with van der Waals surface area (Å²) in [4.78, 5) is 0. The fourth-order valence-electron chi connectivity index (χ4n) is 1.01. The number of rotatable bonds is 4. The first-order valence-electron chi connectivity index (χ1n) is 4.18. The van der Waals surface area contributed by atoms with Gasteiger partial charge in [-0.15, -0.1) is 0 Å². The van der Waals surface area contributed by atoms with Crippen molar-refractivity contribution in [3.05, 3.63) is 41.9 Å². The van der Waals surface area contributed by atoms with Crippen molar-refractivity contribution in [3.63, 3.8) is 0 Å². The third kappa shape index (κ3) is 3.51. The quantitative estimate of drug-likeness (QED) is 0.715. The molecular formula is C11H12ClO. The summed E-state index contributed by atoms with van der Waals surface area (Å²) in [7, 11) is 0. The summed E-state index contributed by atoms with van der Waals surface area (Å²) in [6, 6.07) is 7.33. The predicted octanol–water partition coefficient (Wildman–Crippen LogP) is 3.49. The van der Waals surface area contributed by atoms with Crippen LogP contribution in [0.4, 0.5) is 0 Å². The van der Waals surface area contributed by atoms with Gasteiger partial charge in [-0.1, -0.05) is 30.3 Å². The zero-order chi connectivity index (χ0) is 9.68. The van der Waals surface area contributed by atoms with Gasteiger partial charge in [-0.2, -0.15) is 0 Å². The Balaban J connectivity index is 2.58. The van der Waals surface area contributed by atoms with E-state index < -0.39 is 0 Å². The van der Waals surface area contributed by atoms with Gasteiger partial charge in [-0.25, -0.2) is 0 Å². The van der Waals surface area contributed by atoms with Gasteiger partial charge in [0.2, 0.25) is 0 Å². The second-order valence-corrected chi connectivity index (χ2v) is 3.29. The first-order valence-corrected chi connectivity index (χ1v) is 4.56. The Morgan fingerprint density at radius 2 is 2.38 bits per heavy atom. The van der Waals surface area contributed by atoms with Crippen LogP contribution in [0.2, 0.25) is 5.02 Å². The van der Waals surface area contributed by atoms with Gasteiger partial charge < -0.3 is 4.74 Å². The van der Waals surface area contributed by atoms with Gasteiger partial charge in [0.1, 0.15) is 5.75 Å². The van der Waals surface area contributed by atoms with Crippen LogP contribution in [0.1, 0.15) is 13.3 Å². The maximum Gasteiger partial charge on any atom is 0.121 e. The first kappa shape index (κ1) is 10.1. The number of ether oxygens (including phenoxy) is 1. The zero-order valence-electron chi connectivity index (χ0n) is 7.53. The highest BCUT2D eigenvalue weighted by Crippen LogP contribution is 2.18. The molecule has 0 N–H and O–H groups in total. The normalized spacial score (nSPS) is 12.2. The van der Waals surface area contributed by atoms with Crippen molar-refractivity contribution in [1.29, 1.82) is 0 Å². The summed E-state index contributed by atoms with van der Waals surface area (Å²) in [6.07, 6.45) is 2.41. The highest BCUT2D eigenvalue weighted by Gasteiger charge is 2.01. The van der Waals surface area contributed by atoms with Crippen LogP contribution in [0.3, 0.4) is 0 Å². The molecule has 1 radical (unpaired) electrons. The van der Waals surface area contributed by atoms with Crippen molar-refractivity contribution < 1.29 is 4.74 Å². The Hall–Kier alpha value is -0.950. The second kappa shape index (κ2) is 4.93. The lowest BCUT2D eigenvalue weighted by atomic mass is 10.3. The highest BCUT2D eigenvalue weighted by molar-refractivity contribution is 6.30. The summed E-state index contributed by atoms with van der Waals surface area (Å²) < 4.78 is 5.54. The molecule has 1 aromatic carbocycles. The van der Waals surface area contributed by atoms with E-state index in [0.717, 1.165) is 12.2 Å². The number of benzene rings is 1. The Morgan fingerprint density at radius 3 is 3.00 bits per heavy atom. The molecule has 0 aliphatic heterocycles. The van der Waals surface area contributed by atoms with Gasteiger partial charge in [-0.05, 0) is 25.1 Å². The van der Waals surface area contributed by atoms with Crippen molar-refractivity contribution in [3.8, 4) is 5.75 Å². The Labute approximate surface area is 84.0 Å². The van der Waals surface area contributed by atoms with Gasteiger partial charge in [0.15, 0.2) is 0 Å². The van der Waals surface area contributed by atoms with Crippen molar-refractivity contribution in [2.75, 3.05) is 0 Å². The van der Waals surface area contributed by atoms with Gasteiger partial charge in [0.25, 0.3) is 0 Å². The number of halogens is 1. The molecule has 0 saturated heterocycles. The van der Waals surface area contributed by atoms with Crippen LogP contribution in [-0.2, 0) is 0 Å². The minimum Gasteiger partial charge on any atom is -0.490 e. The third-order valence-electron chi connectivity index (χ3n) is 1.60. The fourth-order valence-corrected chi connectivity index (χ4v) is 1.19. The summed E-state index contributed by atoms with van der Waals surface area (Å²) in [6.45, 7) is 7.24. The minimum atomic E-state index is 0.0865. The summed E-state index contributed by atoms with van der Waals surface area (Å²) in [5.74, 6) is 0.779.